The van der Waals surface area contributed by atoms with Crippen LogP contribution in [-0.4, -0.2) is 25.7 Å². The van der Waals surface area contributed by atoms with E-state index in [1.807, 2.05) is 24.3 Å². The minimum Gasteiger partial charge on any atom is -0.490 e. The number of para-hydroxylation sites is 1. The van der Waals surface area contributed by atoms with Crippen molar-refractivity contribution >= 4 is 44.9 Å². The fraction of sp³-hybridized carbons (Fsp3) is 0.381. The lowest BCUT2D eigenvalue weighted by Gasteiger charge is -2.14. The average molecular weight is 469 g/mol. The van der Waals surface area contributed by atoms with Crippen LogP contribution in [0.2, 0.25) is 5.02 Å². The maximum absolute atomic E-state index is 12.3. The van der Waals surface area contributed by atoms with Crippen LogP contribution in [0.15, 0.2) is 46.9 Å². The second kappa shape index (κ2) is 12.6. The number of anilines is 2. The van der Waals surface area contributed by atoms with Crippen LogP contribution in [0, 0.1) is 0 Å². The number of ether oxygens (including phenoxy) is 1. The van der Waals surface area contributed by atoms with Crippen LogP contribution in [0.3, 0.4) is 0 Å². The van der Waals surface area contributed by atoms with Crippen molar-refractivity contribution < 1.29 is 9.53 Å². The highest BCUT2D eigenvalue weighted by molar-refractivity contribution is 9.10. The monoisotopic (exact) mass is 467 g/mol. The number of halogens is 2. The molecule has 152 valence electrons. The third-order valence-corrected chi connectivity index (χ3v) is 4.88. The van der Waals surface area contributed by atoms with E-state index in [2.05, 4.69) is 38.8 Å². The molecule has 0 aliphatic heterocycles. The Labute approximate surface area is 180 Å². The molecule has 0 saturated carbocycles. The number of carbonyl (C=O) groups excluding carboxylic acids is 1. The molecule has 2 rings (SSSR count). The quantitative estimate of drug-likeness (QED) is 0.339. The Morgan fingerprint density at radius 2 is 1.82 bits per heavy atom. The van der Waals surface area contributed by atoms with Crippen molar-refractivity contribution in [2.24, 2.45) is 0 Å². The number of amides is 2. The van der Waals surface area contributed by atoms with E-state index in [0.717, 1.165) is 17.6 Å². The molecule has 0 fully saturated rings. The SMILES string of the molecule is CCCCCCNCCOc1ccc(Br)cc1NC(=O)Nc1ccccc1Cl. The summed E-state index contributed by atoms with van der Waals surface area (Å²) in [6, 6.07) is 12.2. The van der Waals surface area contributed by atoms with E-state index in [1.54, 1.807) is 18.2 Å². The predicted molar refractivity (Wildman–Crippen MR) is 121 cm³/mol. The number of rotatable bonds is 11. The van der Waals surface area contributed by atoms with Crippen molar-refractivity contribution in [2.45, 2.75) is 32.6 Å². The molecule has 0 bridgehead atoms. The molecule has 0 aliphatic rings. The molecule has 3 N–H and O–H groups in total. The molecular weight excluding hydrogens is 442 g/mol. The Kier molecular flexibility index (Phi) is 10.2. The molecule has 2 aromatic rings. The third-order valence-electron chi connectivity index (χ3n) is 4.06. The van der Waals surface area contributed by atoms with Gasteiger partial charge in [0.25, 0.3) is 0 Å². The van der Waals surface area contributed by atoms with Gasteiger partial charge in [-0.1, -0.05) is 65.8 Å². The van der Waals surface area contributed by atoms with Gasteiger partial charge in [0.2, 0.25) is 0 Å². The lowest BCUT2D eigenvalue weighted by Crippen LogP contribution is -2.23. The summed E-state index contributed by atoms with van der Waals surface area (Å²) < 4.78 is 6.69. The summed E-state index contributed by atoms with van der Waals surface area (Å²) in [5.41, 5.74) is 1.13. The normalized spacial score (nSPS) is 10.5. The van der Waals surface area contributed by atoms with Crippen LogP contribution in [0.5, 0.6) is 5.75 Å². The number of benzene rings is 2. The van der Waals surface area contributed by atoms with Crippen LogP contribution in [0.25, 0.3) is 0 Å². The highest BCUT2D eigenvalue weighted by Gasteiger charge is 2.10. The minimum atomic E-state index is -0.384. The summed E-state index contributed by atoms with van der Waals surface area (Å²) in [5, 5.41) is 9.42. The first kappa shape index (κ1) is 22.5. The molecule has 0 aromatic heterocycles. The van der Waals surface area contributed by atoms with Crippen molar-refractivity contribution in [3.63, 3.8) is 0 Å². The standard InChI is InChI=1S/C21H27BrClN3O2/c1-2-3-4-7-12-24-13-14-28-20-11-10-16(22)15-19(20)26-21(27)25-18-9-6-5-8-17(18)23/h5-6,8-11,15,24H,2-4,7,12-14H2,1H3,(H2,25,26,27). The van der Waals surface area contributed by atoms with Gasteiger partial charge in [-0.05, 0) is 43.3 Å². The van der Waals surface area contributed by atoms with Gasteiger partial charge in [-0.2, -0.15) is 0 Å². The molecule has 0 heterocycles. The van der Waals surface area contributed by atoms with E-state index in [0.29, 0.717) is 28.8 Å². The fourth-order valence-electron chi connectivity index (χ4n) is 2.60. The number of carbonyl (C=O) groups is 1. The van der Waals surface area contributed by atoms with Gasteiger partial charge in [0.05, 0.1) is 16.4 Å². The molecule has 0 unspecified atom stereocenters. The zero-order valence-corrected chi connectivity index (χ0v) is 18.4. The van der Waals surface area contributed by atoms with E-state index in [-0.39, 0.29) is 6.03 Å². The highest BCUT2D eigenvalue weighted by atomic mass is 79.9. The average Bonchev–Trinajstić information content (AvgIpc) is 2.67. The van der Waals surface area contributed by atoms with Crippen LogP contribution >= 0.6 is 27.5 Å². The first-order valence-corrected chi connectivity index (χ1v) is 10.7. The van der Waals surface area contributed by atoms with Crippen LogP contribution < -0.4 is 20.7 Å². The Bertz CT molecular complexity index is 758. The van der Waals surface area contributed by atoms with Crippen molar-refractivity contribution in [1.82, 2.24) is 5.32 Å². The molecule has 5 nitrogen and oxygen atoms in total. The zero-order valence-electron chi connectivity index (χ0n) is 16.1. The van der Waals surface area contributed by atoms with Crippen LogP contribution in [-0.2, 0) is 0 Å². The largest absolute Gasteiger partial charge is 0.490 e. The third kappa shape index (κ3) is 8.09. The minimum absolute atomic E-state index is 0.384. The number of nitrogens with one attached hydrogen (secondary N) is 3. The molecule has 28 heavy (non-hydrogen) atoms. The Morgan fingerprint density at radius 3 is 2.61 bits per heavy atom. The fourth-order valence-corrected chi connectivity index (χ4v) is 3.14. The van der Waals surface area contributed by atoms with Gasteiger partial charge in [0.15, 0.2) is 0 Å². The highest BCUT2D eigenvalue weighted by Crippen LogP contribution is 2.29. The number of unbranched alkanes of at least 4 members (excludes halogenated alkanes) is 3. The molecule has 2 aromatic carbocycles. The first-order chi connectivity index (χ1) is 13.6. The molecule has 0 spiro atoms. The topological polar surface area (TPSA) is 62.4 Å². The summed E-state index contributed by atoms with van der Waals surface area (Å²) >= 11 is 9.51. The van der Waals surface area contributed by atoms with Crippen molar-refractivity contribution in [3.05, 3.63) is 52.0 Å². The van der Waals surface area contributed by atoms with E-state index in [9.17, 15) is 4.79 Å². The molecular formula is C21H27BrClN3O2. The van der Waals surface area contributed by atoms with Gasteiger partial charge >= 0.3 is 6.03 Å². The van der Waals surface area contributed by atoms with Crippen molar-refractivity contribution in [1.29, 1.82) is 0 Å². The number of hydrogen-bond acceptors (Lipinski definition) is 3. The lowest BCUT2D eigenvalue weighted by molar-refractivity contribution is 0.262. The van der Waals surface area contributed by atoms with E-state index in [1.165, 1.54) is 25.7 Å². The van der Waals surface area contributed by atoms with Gasteiger partial charge in [0.1, 0.15) is 12.4 Å². The second-order valence-electron chi connectivity index (χ2n) is 6.36. The Balaban J connectivity index is 1.84. The van der Waals surface area contributed by atoms with Gasteiger partial charge in [-0.25, -0.2) is 4.79 Å². The maximum atomic E-state index is 12.3. The molecule has 0 atom stereocenters. The first-order valence-electron chi connectivity index (χ1n) is 9.55. The van der Waals surface area contributed by atoms with Gasteiger partial charge in [-0.3, -0.25) is 0 Å². The second-order valence-corrected chi connectivity index (χ2v) is 7.68. The summed E-state index contributed by atoms with van der Waals surface area (Å²) in [5.74, 6) is 0.616. The number of urea groups is 1. The summed E-state index contributed by atoms with van der Waals surface area (Å²) in [6.45, 7) is 4.48. The van der Waals surface area contributed by atoms with E-state index >= 15 is 0 Å². The predicted octanol–water partition coefficient (Wildman–Crippen LogP) is 6.30. The van der Waals surface area contributed by atoms with Crippen molar-refractivity contribution in [3.8, 4) is 5.75 Å². The van der Waals surface area contributed by atoms with Crippen LogP contribution in [0.4, 0.5) is 16.2 Å². The smallest absolute Gasteiger partial charge is 0.323 e. The summed E-state index contributed by atoms with van der Waals surface area (Å²) in [4.78, 5) is 12.3. The van der Waals surface area contributed by atoms with Crippen molar-refractivity contribution in [2.75, 3.05) is 30.3 Å². The molecule has 0 radical (unpaired) electrons. The Hall–Kier alpha value is -1.76. The van der Waals surface area contributed by atoms with Gasteiger partial charge in [-0.15, -0.1) is 0 Å². The van der Waals surface area contributed by atoms with E-state index in [4.69, 9.17) is 16.3 Å². The number of hydrogen-bond donors (Lipinski definition) is 3. The molecule has 0 saturated heterocycles. The zero-order chi connectivity index (χ0) is 20.2. The van der Waals surface area contributed by atoms with E-state index < -0.39 is 0 Å². The molecule has 2 amide bonds. The lowest BCUT2D eigenvalue weighted by atomic mass is 10.2. The summed E-state index contributed by atoms with van der Waals surface area (Å²) in [6.07, 6.45) is 4.96. The van der Waals surface area contributed by atoms with Gasteiger partial charge < -0.3 is 20.7 Å². The van der Waals surface area contributed by atoms with Gasteiger partial charge in [0, 0.05) is 11.0 Å². The summed E-state index contributed by atoms with van der Waals surface area (Å²) in [7, 11) is 0. The molecule has 0 aliphatic carbocycles. The van der Waals surface area contributed by atoms with Crippen LogP contribution in [0.1, 0.15) is 32.6 Å². The molecule has 7 heteroatoms. The maximum Gasteiger partial charge on any atom is 0.323 e. The Morgan fingerprint density at radius 1 is 1.04 bits per heavy atom.